The average molecular weight is 433 g/mol. The maximum Gasteiger partial charge on any atom is 0.263 e. The standard InChI is InChI=1S/C23H23N5O4/c1-4-17-15(3)24-23(26-22(17)30)28-20(12-18(27-28)19-9-6-10-31-19)25-21(29)13-32-16-8-5-7-14(2)11-16/h5-12H,4,13H2,1-3H3,(H,25,29)(H,24,26,30). The van der Waals surface area contributed by atoms with E-state index in [1.807, 2.05) is 32.0 Å². The maximum atomic E-state index is 12.6. The van der Waals surface area contributed by atoms with E-state index in [1.54, 1.807) is 31.2 Å². The van der Waals surface area contributed by atoms with Gasteiger partial charge in [0, 0.05) is 17.3 Å². The SMILES string of the molecule is CCc1c(C)nc(-n2nc(-c3ccco3)cc2NC(=O)COc2cccc(C)c2)[nH]c1=O. The minimum Gasteiger partial charge on any atom is -0.484 e. The number of nitrogens with zero attached hydrogens (tertiary/aromatic N) is 3. The van der Waals surface area contributed by atoms with Crippen LogP contribution >= 0.6 is 0 Å². The molecule has 4 rings (SSSR count). The molecule has 0 fully saturated rings. The number of aromatic amines is 1. The quantitative estimate of drug-likeness (QED) is 0.462. The summed E-state index contributed by atoms with van der Waals surface area (Å²) in [5.74, 6) is 1.24. The van der Waals surface area contributed by atoms with Gasteiger partial charge in [-0.3, -0.25) is 14.6 Å². The second kappa shape index (κ2) is 8.93. The third-order valence-electron chi connectivity index (χ3n) is 4.87. The highest BCUT2D eigenvalue weighted by atomic mass is 16.5. The topological polar surface area (TPSA) is 115 Å². The van der Waals surface area contributed by atoms with Gasteiger partial charge in [0.05, 0.1) is 6.26 Å². The molecule has 0 aliphatic carbocycles. The minimum absolute atomic E-state index is 0.192. The Labute approximate surface area is 184 Å². The summed E-state index contributed by atoms with van der Waals surface area (Å²) >= 11 is 0. The second-order valence-electron chi connectivity index (χ2n) is 7.26. The average Bonchev–Trinajstić information content (AvgIpc) is 3.42. The molecular weight excluding hydrogens is 410 g/mol. The Morgan fingerprint density at radius 2 is 2.06 bits per heavy atom. The number of nitrogens with one attached hydrogen (secondary N) is 2. The molecule has 3 aromatic heterocycles. The summed E-state index contributed by atoms with van der Waals surface area (Å²) < 4.78 is 12.4. The van der Waals surface area contributed by atoms with Crippen LogP contribution in [0.4, 0.5) is 5.82 Å². The fourth-order valence-electron chi connectivity index (χ4n) is 3.32. The van der Waals surface area contributed by atoms with Gasteiger partial charge in [-0.1, -0.05) is 19.1 Å². The number of rotatable bonds is 7. The van der Waals surface area contributed by atoms with E-state index in [1.165, 1.54) is 10.9 Å². The molecule has 0 saturated heterocycles. The molecule has 0 aliphatic rings. The zero-order chi connectivity index (χ0) is 22.7. The summed E-state index contributed by atoms with van der Waals surface area (Å²) in [6.07, 6.45) is 2.09. The van der Waals surface area contributed by atoms with Crippen molar-refractivity contribution < 1.29 is 13.9 Å². The fraction of sp³-hybridized carbons (Fsp3) is 0.217. The van der Waals surface area contributed by atoms with E-state index in [-0.39, 0.29) is 24.0 Å². The van der Waals surface area contributed by atoms with Crippen LogP contribution in [0, 0.1) is 13.8 Å². The molecule has 0 atom stereocenters. The zero-order valence-electron chi connectivity index (χ0n) is 18.0. The van der Waals surface area contributed by atoms with Crippen LogP contribution in [0.25, 0.3) is 17.4 Å². The first kappa shape index (κ1) is 21.1. The van der Waals surface area contributed by atoms with Crippen molar-refractivity contribution in [2.45, 2.75) is 27.2 Å². The first-order chi connectivity index (χ1) is 15.4. The van der Waals surface area contributed by atoms with E-state index in [9.17, 15) is 9.59 Å². The lowest BCUT2D eigenvalue weighted by atomic mass is 10.2. The van der Waals surface area contributed by atoms with Gasteiger partial charge in [-0.05, 0) is 50.1 Å². The van der Waals surface area contributed by atoms with Crippen LogP contribution in [0.3, 0.4) is 0 Å². The Morgan fingerprint density at radius 3 is 2.75 bits per heavy atom. The van der Waals surface area contributed by atoms with E-state index < -0.39 is 0 Å². The monoisotopic (exact) mass is 433 g/mol. The molecule has 1 aromatic carbocycles. The lowest BCUT2D eigenvalue weighted by molar-refractivity contribution is -0.118. The largest absolute Gasteiger partial charge is 0.484 e. The number of benzene rings is 1. The summed E-state index contributed by atoms with van der Waals surface area (Å²) in [6.45, 7) is 5.41. The summed E-state index contributed by atoms with van der Waals surface area (Å²) in [6, 6.07) is 12.6. The van der Waals surface area contributed by atoms with Crippen LogP contribution < -0.4 is 15.6 Å². The zero-order valence-corrected chi connectivity index (χ0v) is 18.0. The van der Waals surface area contributed by atoms with Crippen molar-refractivity contribution in [2.24, 2.45) is 0 Å². The number of carbonyl (C=O) groups is 1. The van der Waals surface area contributed by atoms with Crippen molar-refractivity contribution in [3.05, 3.63) is 75.9 Å². The van der Waals surface area contributed by atoms with Gasteiger partial charge in [-0.25, -0.2) is 4.98 Å². The molecule has 0 bridgehead atoms. The normalized spacial score (nSPS) is 10.8. The van der Waals surface area contributed by atoms with Gasteiger partial charge in [0.25, 0.3) is 11.5 Å². The molecule has 0 aliphatic heterocycles. The third-order valence-corrected chi connectivity index (χ3v) is 4.87. The first-order valence-electron chi connectivity index (χ1n) is 10.2. The summed E-state index contributed by atoms with van der Waals surface area (Å²) in [5.41, 5.74) is 2.46. The highest BCUT2D eigenvalue weighted by molar-refractivity contribution is 5.91. The molecule has 0 saturated carbocycles. The number of hydrogen-bond donors (Lipinski definition) is 2. The highest BCUT2D eigenvalue weighted by Crippen LogP contribution is 2.24. The van der Waals surface area contributed by atoms with E-state index in [2.05, 4.69) is 20.4 Å². The molecule has 2 N–H and O–H groups in total. The molecule has 0 radical (unpaired) electrons. The number of aryl methyl sites for hydroxylation is 2. The molecule has 32 heavy (non-hydrogen) atoms. The van der Waals surface area contributed by atoms with E-state index in [0.29, 0.717) is 40.7 Å². The van der Waals surface area contributed by atoms with Gasteiger partial charge in [0.1, 0.15) is 17.3 Å². The predicted molar refractivity (Wildman–Crippen MR) is 119 cm³/mol. The number of hydrogen-bond acceptors (Lipinski definition) is 6. The van der Waals surface area contributed by atoms with Crippen LogP contribution in [-0.4, -0.2) is 32.3 Å². The lowest BCUT2D eigenvalue weighted by Gasteiger charge is -2.10. The Morgan fingerprint density at radius 1 is 1.22 bits per heavy atom. The fourth-order valence-corrected chi connectivity index (χ4v) is 3.32. The minimum atomic E-state index is -0.386. The number of furan rings is 1. The van der Waals surface area contributed by atoms with Crippen LogP contribution in [0.1, 0.15) is 23.7 Å². The van der Waals surface area contributed by atoms with Crippen molar-refractivity contribution in [3.63, 3.8) is 0 Å². The molecule has 9 heteroatoms. The van der Waals surface area contributed by atoms with Crippen LogP contribution in [0.2, 0.25) is 0 Å². The molecule has 1 amide bonds. The summed E-state index contributed by atoms with van der Waals surface area (Å²) in [7, 11) is 0. The molecule has 9 nitrogen and oxygen atoms in total. The van der Waals surface area contributed by atoms with Gasteiger partial charge >= 0.3 is 0 Å². The molecule has 3 heterocycles. The van der Waals surface area contributed by atoms with Gasteiger partial charge in [-0.2, -0.15) is 9.78 Å². The Kier molecular flexibility index (Phi) is 5.89. The van der Waals surface area contributed by atoms with E-state index in [4.69, 9.17) is 9.15 Å². The van der Waals surface area contributed by atoms with Gasteiger partial charge in [-0.15, -0.1) is 0 Å². The number of anilines is 1. The summed E-state index contributed by atoms with van der Waals surface area (Å²) in [5, 5.41) is 7.25. The van der Waals surface area contributed by atoms with Crippen molar-refractivity contribution in [1.29, 1.82) is 0 Å². The second-order valence-corrected chi connectivity index (χ2v) is 7.26. The maximum absolute atomic E-state index is 12.6. The van der Waals surface area contributed by atoms with E-state index >= 15 is 0 Å². The number of aromatic nitrogens is 4. The van der Waals surface area contributed by atoms with Crippen LogP contribution in [0.5, 0.6) is 5.75 Å². The Bertz CT molecular complexity index is 1300. The van der Waals surface area contributed by atoms with Gasteiger partial charge in [0.2, 0.25) is 5.95 Å². The van der Waals surface area contributed by atoms with Crippen LogP contribution in [-0.2, 0) is 11.2 Å². The van der Waals surface area contributed by atoms with E-state index in [0.717, 1.165) is 5.56 Å². The summed E-state index contributed by atoms with van der Waals surface area (Å²) in [4.78, 5) is 32.3. The van der Waals surface area contributed by atoms with Crippen LogP contribution in [0.15, 0.2) is 57.9 Å². The van der Waals surface area contributed by atoms with Gasteiger partial charge in [0.15, 0.2) is 12.4 Å². The van der Waals surface area contributed by atoms with Crippen molar-refractivity contribution in [1.82, 2.24) is 19.7 Å². The first-order valence-corrected chi connectivity index (χ1v) is 10.2. The third kappa shape index (κ3) is 4.46. The molecule has 0 spiro atoms. The molecule has 164 valence electrons. The highest BCUT2D eigenvalue weighted by Gasteiger charge is 2.18. The Balaban J connectivity index is 1.63. The predicted octanol–water partition coefficient (Wildman–Crippen LogP) is 3.41. The molecular formula is C23H23N5O4. The smallest absolute Gasteiger partial charge is 0.263 e. The van der Waals surface area contributed by atoms with Crippen molar-refractivity contribution in [2.75, 3.05) is 11.9 Å². The number of H-pyrrole nitrogens is 1. The molecule has 0 unspecified atom stereocenters. The van der Waals surface area contributed by atoms with Gasteiger partial charge < -0.3 is 14.5 Å². The number of amides is 1. The number of carbonyl (C=O) groups excluding carboxylic acids is 1. The Hall–Kier alpha value is -4.14. The lowest BCUT2D eigenvalue weighted by Crippen LogP contribution is -2.24. The van der Waals surface area contributed by atoms with Crippen molar-refractivity contribution >= 4 is 11.7 Å². The number of ether oxygens (including phenoxy) is 1. The molecule has 4 aromatic rings. The van der Waals surface area contributed by atoms with Crippen molar-refractivity contribution in [3.8, 4) is 23.2 Å².